The molecule has 1 heterocycles. The van der Waals surface area contributed by atoms with Crippen LogP contribution in [0.2, 0.25) is 0 Å². The third-order valence-electron chi connectivity index (χ3n) is 3.05. The number of nitrogens with one attached hydrogen (secondary N) is 1. The second-order valence-corrected chi connectivity index (χ2v) is 5.47. The number of hydrogen-bond donors (Lipinski definition) is 2. The lowest BCUT2D eigenvalue weighted by atomic mass is 10.0. The van der Waals surface area contributed by atoms with Gasteiger partial charge in [-0.05, 0) is 35.0 Å². The Morgan fingerprint density at radius 2 is 1.65 bits per heavy atom. The highest BCUT2D eigenvalue weighted by Crippen LogP contribution is 2.34. The zero-order valence-electron chi connectivity index (χ0n) is 10.7. The quantitative estimate of drug-likeness (QED) is 0.568. The van der Waals surface area contributed by atoms with Crippen LogP contribution in [0.5, 0.6) is 0 Å². The first kappa shape index (κ1) is 12.7. The van der Waals surface area contributed by atoms with Crippen molar-refractivity contribution in [1.82, 2.24) is 4.98 Å². The van der Waals surface area contributed by atoms with Crippen molar-refractivity contribution in [2.24, 2.45) is 5.73 Å². The van der Waals surface area contributed by atoms with E-state index in [0.29, 0.717) is 0 Å². The molecule has 0 amide bonds. The Morgan fingerprint density at radius 1 is 0.950 bits per heavy atom. The number of aromatic nitrogens is 1. The summed E-state index contributed by atoms with van der Waals surface area (Å²) in [6.07, 6.45) is 3.57. The summed E-state index contributed by atoms with van der Waals surface area (Å²) in [4.78, 5) is 6.32. The summed E-state index contributed by atoms with van der Waals surface area (Å²) in [5.41, 5.74) is 6.43. The van der Waals surface area contributed by atoms with E-state index in [4.69, 9.17) is 11.1 Å². The Balaban J connectivity index is 2.13. The van der Waals surface area contributed by atoms with E-state index in [9.17, 15) is 0 Å². The van der Waals surface area contributed by atoms with Gasteiger partial charge in [0.15, 0.2) is 0 Å². The van der Waals surface area contributed by atoms with Crippen LogP contribution in [-0.4, -0.2) is 10.8 Å². The molecule has 0 saturated heterocycles. The fraction of sp³-hybridized carbons (Fsp3) is 0. The Morgan fingerprint density at radius 3 is 2.35 bits per heavy atom. The van der Waals surface area contributed by atoms with Crippen molar-refractivity contribution < 1.29 is 0 Å². The molecule has 98 valence electrons. The van der Waals surface area contributed by atoms with Crippen LogP contribution in [0.3, 0.4) is 0 Å². The maximum Gasteiger partial charge on any atom is 0.123 e. The van der Waals surface area contributed by atoms with Crippen molar-refractivity contribution >= 4 is 28.4 Å². The van der Waals surface area contributed by atoms with Crippen molar-refractivity contribution in [3.8, 4) is 0 Å². The number of amidine groups is 1. The summed E-state index contributed by atoms with van der Waals surface area (Å²) in [5, 5.41) is 9.80. The monoisotopic (exact) mass is 279 g/mol. The topological polar surface area (TPSA) is 62.8 Å². The molecule has 0 atom stereocenters. The maximum absolute atomic E-state index is 7.67. The summed E-state index contributed by atoms with van der Waals surface area (Å²) >= 11 is 1.69. The molecule has 0 aliphatic heterocycles. The molecule has 0 aliphatic rings. The zero-order valence-corrected chi connectivity index (χ0v) is 11.5. The number of fused-ring (bicyclic) bond motifs is 1. The highest BCUT2D eigenvalue weighted by molar-refractivity contribution is 7.99. The molecule has 0 spiro atoms. The van der Waals surface area contributed by atoms with Crippen molar-refractivity contribution in [2.75, 3.05) is 0 Å². The summed E-state index contributed by atoms with van der Waals surface area (Å²) in [6.45, 7) is 0. The molecular weight excluding hydrogens is 266 g/mol. The van der Waals surface area contributed by atoms with Gasteiger partial charge in [0.1, 0.15) is 5.84 Å². The molecule has 0 saturated carbocycles. The highest BCUT2D eigenvalue weighted by Gasteiger charge is 2.08. The van der Waals surface area contributed by atoms with E-state index in [0.717, 1.165) is 26.1 Å². The number of benzene rings is 2. The minimum Gasteiger partial charge on any atom is -0.384 e. The van der Waals surface area contributed by atoms with Crippen molar-refractivity contribution in [2.45, 2.75) is 9.79 Å². The van der Waals surface area contributed by atoms with Gasteiger partial charge in [0.2, 0.25) is 0 Å². The second-order valence-electron chi connectivity index (χ2n) is 4.36. The van der Waals surface area contributed by atoms with Crippen LogP contribution in [0, 0.1) is 5.41 Å². The molecule has 1 aromatic heterocycles. The van der Waals surface area contributed by atoms with E-state index in [1.54, 1.807) is 24.2 Å². The molecule has 3 rings (SSSR count). The number of rotatable bonds is 3. The van der Waals surface area contributed by atoms with Crippen molar-refractivity contribution in [3.05, 3.63) is 66.5 Å². The van der Waals surface area contributed by atoms with Crippen molar-refractivity contribution in [1.29, 1.82) is 5.41 Å². The van der Waals surface area contributed by atoms with Crippen LogP contribution in [-0.2, 0) is 0 Å². The lowest BCUT2D eigenvalue weighted by Gasteiger charge is -2.10. The molecule has 0 bridgehead atoms. The first-order valence-corrected chi connectivity index (χ1v) is 7.01. The van der Waals surface area contributed by atoms with Crippen LogP contribution in [0.15, 0.2) is 70.7 Å². The number of pyridine rings is 1. The third-order valence-corrected chi connectivity index (χ3v) is 4.14. The Hall–Kier alpha value is -2.33. The van der Waals surface area contributed by atoms with Crippen LogP contribution in [0.1, 0.15) is 5.56 Å². The van der Waals surface area contributed by atoms with E-state index < -0.39 is 0 Å². The Bertz CT molecular complexity index is 769. The predicted molar refractivity (Wildman–Crippen MR) is 83.3 cm³/mol. The summed E-state index contributed by atoms with van der Waals surface area (Å²) in [6, 6.07) is 15.9. The third kappa shape index (κ3) is 2.38. The molecule has 3 aromatic rings. The van der Waals surface area contributed by atoms with Gasteiger partial charge in [-0.25, -0.2) is 0 Å². The fourth-order valence-corrected chi connectivity index (χ4v) is 3.06. The van der Waals surface area contributed by atoms with Crippen LogP contribution >= 0.6 is 11.8 Å². The second kappa shape index (κ2) is 5.35. The Kier molecular flexibility index (Phi) is 3.39. The zero-order chi connectivity index (χ0) is 13.9. The minimum atomic E-state index is 0.0988. The van der Waals surface area contributed by atoms with Crippen LogP contribution < -0.4 is 5.73 Å². The predicted octanol–water partition coefficient (Wildman–Crippen LogP) is 3.67. The van der Waals surface area contributed by atoms with Gasteiger partial charge >= 0.3 is 0 Å². The lowest BCUT2D eigenvalue weighted by molar-refractivity contribution is 1.26. The van der Waals surface area contributed by atoms with E-state index in [1.807, 2.05) is 42.5 Å². The molecule has 0 radical (unpaired) electrons. The van der Waals surface area contributed by atoms with Gasteiger partial charge in [0.05, 0.1) is 0 Å². The smallest absolute Gasteiger partial charge is 0.123 e. The number of hydrogen-bond acceptors (Lipinski definition) is 3. The van der Waals surface area contributed by atoms with Crippen LogP contribution in [0.25, 0.3) is 10.8 Å². The average Bonchev–Trinajstić information content (AvgIpc) is 2.48. The first-order chi connectivity index (χ1) is 9.75. The van der Waals surface area contributed by atoms with Gasteiger partial charge < -0.3 is 5.73 Å². The number of nitrogens with two attached hydrogens (primary N) is 1. The standard InChI is InChI=1S/C16H13N3S/c17-16(18)14-5-6-15(13-4-2-1-3-12(13)14)20-11-7-9-19-10-8-11/h1-10H,(H3,17,18). The van der Waals surface area contributed by atoms with Gasteiger partial charge in [-0.3, -0.25) is 10.4 Å². The van der Waals surface area contributed by atoms with E-state index in [-0.39, 0.29) is 5.84 Å². The fourth-order valence-electron chi connectivity index (χ4n) is 2.13. The summed E-state index contributed by atoms with van der Waals surface area (Å²) in [5.74, 6) is 0.0988. The number of nitrogen functional groups attached to an aromatic ring is 1. The number of nitrogens with zero attached hydrogens (tertiary/aromatic N) is 1. The van der Waals surface area contributed by atoms with Gasteiger partial charge in [0, 0.05) is 27.7 Å². The largest absolute Gasteiger partial charge is 0.384 e. The average molecular weight is 279 g/mol. The molecular formula is C16H13N3S. The van der Waals surface area contributed by atoms with Crippen LogP contribution in [0.4, 0.5) is 0 Å². The molecule has 20 heavy (non-hydrogen) atoms. The summed E-state index contributed by atoms with van der Waals surface area (Å²) in [7, 11) is 0. The van der Waals surface area contributed by atoms with E-state index in [2.05, 4.69) is 11.1 Å². The molecule has 0 aliphatic carbocycles. The minimum absolute atomic E-state index is 0.0988. The maximum atomic E-state index is 7.67. The molecule has 0 unspecified atom stereocenters. The van der Waals surface area contributed by atoms with E-state index in [1.165, 1.54) is 0 Å². The van der Waals surface area contributed by atoms with E-state index >= 15 is 0 Å². The van der Waals surface area contributed by atoms with Gasteiger partial charge in [-0.2, -0.15) is 0 Å². The molecule has 0 fully saturated rings. The molecule has 2 aromatic carbocycles. The lowest BCUT2D eigenvalue weighted by Crippen LogP contribution is -2.11. The normalized spacial score (nSPS) is 10.6. The molecule has 3 nitrogen and oxygen atoms in total. The van der Waals surface area contributed by atoms with Crippen molar-refractivity contribution in [3.63, 3.8) is 0 Å². The van der Waals surface area contributed by atoms with Gasteiger partial charge in [-0.15, -0.1) is 0 Å². The SMILES string of the molecule is N=C(N)c1ccc(Sc2ccncc2)c2ccccc12. The summed E-state index contributed by atoms with van der Waals surface area (Å²) < 4.78 is 0. The molecule has 4 heteroatoms. The highest BCUT2D eigenvalue weighted by atomic mass is 32.2. The molecule has 3 N–H and O–H groups in total. The first-order valence-electron chi connectivity index (χ1n) is 6.20. The Labute approximate surface area is 121 Å². The van der Waals surface area contributed by atoms with Gasteiger partial charge in [0.25, 0.3) is 0 Å². The van der Waals surface area contributed by atoms with Gasteiger partial charge in [-0.1, -0.05) is 36.0 Å².